The number of nitro groups is 1. The number of halogens is 4. The SMILES string of the molecule is CN(C)Cc1c(-c2ccc([N+](=O)[O-])cc2)sc2c1c(=O)n(-c1ccc(OC(F)F)cn1)c(=O)n2Cc1c(F)cccc1F. The molecule has 0 unspecified atom stereocenters. The predicted octanol–water partition coefficient (Wildman–Crippen LogP) is 5.17. The van der Waals surface area contributed by atoms with Gasteiger partial charge in [0.25, 0.3) is 11.2 Å². The molecule has 0 bridgehead atoms. The number of thiophene rings is 1. The quantitative estimate of drug-likeness (QED) is 0.128. The molecule has 0 N–H and O–H groups in total. The molecule has 0 aliphatic rings. The van der Waals surface area contributed by atoms with Crippen LogP contribution >= 0.6 is 11.3 Å². The van der Waals surface area contributed by atoms with E-state index in [1.54, 1.807) is 19.0 Å². The van der Waals surface area contributed by atoms with Crippen molar-refractivity contribution in [3.05, 3.63) is 115 Å². The highest BCUT2D eigenvalue weighted by Gasteiger charge is 2.26. The summed E-state index contributed by atoms with van der Waals surface area (Å²) < 4.78 is 60.9. The first-order chi connectivity index (χ1) is 20.5. The first-order valence-corrected chi connectivity index (χ1v) is 13.3. The number of alkyl halides is 2. The number of nitrogens with zero attached hydrogens (tertiary/aromatic N) is 5. The van der Waals surface area contributed by atoms with E-state index < -0.39 is 46.5 Å². The zero-order valence-corrected chi connectivity index (χ0v) is 23.3. The number of nitro benzene ring substituents is 1. The van der Waals surface area contributed by atoms with E-state index in [0.717, 1.165) is 46.4 Å². The topological polar surface area (TPSA) is 112 Å². The average molecular weight is 616 g/mol. The molecule has 0 amide bonds. The van der Waals surface area contributed by atoms with Crippen molar-refractivity contribution in [1.29, 1.82) is 0 Å². The Bertz CT molecular complexity index is 1930. The van der Waals surface area contributed by atoms with E-state index in [-0.39, 0.29) is 34.0 Å². The van der Waals surface area contributed by atoms with Gasteiger partial charge < -0.3 is 9.64 Å². The Morgan fingerprint density at radius 1 is 1.02 bits per heavy atom. The van der Waals surface area contributed by atoms with Crippen LogP contribution in [0.25, 0.3) is 26.5 Å². The van der Waals surface area contributed by atoms with Gasteiger partial charge in [-0.2, -0.15) is 8.78 Å². The van der Waals surface area contributed by atoms with Gasteiger partial charge in [0, 0.05) is 29.1 Å². The van der Waals surface area contributed by atoms with Gasteiger partial charge in [-0.25, -0.2) is 23.1 Å². The van der Waals surface area contributed by atoms with Gasteiger partial charge in [0.2, 0.25) is 0 Å². The molecule has 222 valence electrons. The highest BCUT2D eigenvalue weighted by Crippen LogP contribution is 2.38. The molecule has 43 heavy (non-hydrogen) atoms. The normalized spacial score (nSPS) is 11.5. The number of benzene rings is 2. The van der Waals surface area contributed by atoms with Gasteiger partial charge in [0.05, 0.1) is 23.1 Å². The van der Waals surface area contributed by atoms with Gasteiger partial charge in [-0.05, 0) is 61.6 Å². The molecule has 3 heterocycles. The summed E-state index contributed by atoms with van der Waals surface area (Å²) >= 11 is 1.02. The standard InChI is InChI=1S/C28H21F4N5O5S/c1-34(2)13-19-23-25(38)36(22-11-10-17(12-33-22)42-27(31)32)28(39)35(14-18-20(29)4-3-5-21(18)30)26(23)43-24(19)15-6-8-16(9-7-15)37(40)41/h3-12,27H,13-14H2,1-2H3. The summed E-state index contributed by atoms with van der Waals surface area (Å²) in [5, 5.41) is 11.3. The molecule has 0 saturated heterocycles. The molecule has 0 radical (unpaired) electrons. The second kappa shape index (κ2) is 11.8. The van der Waals surface area contributed by atoms with Crippen molar-refractivity contribution >= 4 is 27.2 Å². The molecule has 0 saturated carbocycles. The van der Waals surface area contributed by atoms with Crippen LogP contribution in [0, 0.1) is 21.7 Å². The highest BCUT2D eigenvalue weighted by molar-refractivity contribution is 7.22. The summed E-state index contributed by atoms with van der Waals surface area (Å²) in [4.78, 5) is 45.0. The number of hydrogen-bond acceptors (Lipinski definition) is 8. The lowest BCUT2D eigenvalue weighted by Crippen LogP contribution is -2.39. The van der Waals surface area contributed by atoms with E-state index in [1.165, 1.54) is 30.3 Å². The van der Waals surface area contributed by atoms with Crippen LogP contribution in [0.15, 0.2) is 70.4 Å². The highest BCUT2D eigenvalue weighted by atomic mass is 32.1. The van der Waals surface area contributed by atoms with Crippen LogP contribution in [0.3, 0.4) is 0 Å². The minimum absolute atomic E-state index is 0.0538. The van der Waals surface area contributed by atoms with Crippen molar-refractivity contribution in [2.45, 2.75) is 19.7 Å². The fourth-order valence-corrected chi connectivity index (χ4v) is 5.87. The number of ether oxygens (including phenoxy) is 1. The second-order valence-corrected chi connectivity index (χ2v) is 10.6. The fourth-order valence-electron chi connectivity index (χ4n) is 4.56. The van der Waals surface area contributed by atoms with Crippen molar-refractivity contribution in [3.63, 3.8) is 0 Å². The maximum Gasteiger partial charge on any atom is 0.387 e. The lowest BCUT2D eigenvalue weighted by molar-refractivity contribution is -0.384. The molecule has 10 nitrogen and oxygen atoms in total. The molecule has 15 heteroatoms. The van der Waals surface area contributed by atoms with Crippen molar-refractivity contribution in [2.24, 2.45) is 0 Å². The lowest BCUT2D eigenvalue weighted by atomic mass is 10.1. The monoisotopic (exact) mass is 615 g/mol. The number of rotatable bonds is 9. The van der Waals surface area contributed by atoms with Crippen LogP contribution < -0.4 is 16.0 Å². The van der Waals surface area contributed by atoms with Crippen LogP contribution in [-0.2, 0) is 13.1 Å². The van der Waals surface area contributed by atoms with E-state index in [9.17, 15) is 37.3 Å². The zero-order chi connectivity index (χ0) is 31.0. The largest absolute Gasteiger partial charge is 0.433 e. The summed E-state index contributed by atoms with van der Waals surface area (Å²) in [7, 11) is 3.49. The number of non-ortho nitro benzene ring substituents is 1. The smallest absolute Gasteiger partial charge is 0.387 e. The number of fused-ring (bicyclic) bond motifs is 1. The summed E-state index contributed by atoms with van der Waals surface area (Å²) in [6, 6.07) is 11.1. The van der Waals surface area contributed by atoms with E-state index in [4.69, 9.17) is 0 Å². The third kappa shape index (κ3) is 5.76. The molecule has 0 aliphatic heterocycles. The first kappa shape index (κ1) is 29.6. The van der Waals surface area contributed by atoms with Gasteiger partial charge in [-0.15, -0.1) is 11.3 Å². The van der Waals surface area contributed by atoms with Gasteiger partial charge >= 0.3 is 12.3 Å². The van der Waals surface area contributed by atoms with Crippen molar-refractivity contribution in [1.82, 2.24) is 19.0 Å². The molecule has 5 rings (SSSR count). The summed E-state index contributed by atoms with van der Waals surface area (Å²) in [6.45, 7) is -3.54. The first-order valence-electron chi connectivity index (χ1n) is 12.5. The summed E-state index contributed by atoms with van der Waals surface area (Å²) in [5.74, 6) is -2.37. The number of aromatic nitrogens is 3. The third-order valence-corrected chi connectivity index (χ3v) is 7.74. The molecule has 0 aliphatic carbocycles. The predicted molar refractivity (Wildman–Crippen MR) is 151 cm³/mol. The Balaban J connectivity index is 1.84. The third-order valence-electron chi connectivity index (χ3n) is 6.44. The van der Waals surface area contributed by atoms with Crippen LogP contribution in [-0.4, -0.2) is 44.6 Å². The van der Waals surface area contributed by atoms with Gasteiger partial charge in [0.1, 0.15) is 28.0 Å². The van der Waals surface area contributed by atoms with E-state index in [1.807, 2.05) is 0 Å². The molecule has 0 atom stereocenters. The molecular weight excluding hydrogens is 594 g/mol. The van der Waals surface area contributed by atoms with Crippen LogP contribution in [0.5, 0.6) is 5.75 Å². The summed E-state index contributed by atoms with van der Waals surface area (Å²) in [6.07, 6.45) is 0.912. The minimum Gasteiger partial charge on any atom is -0.433 e. The van der Waals surface area contributed by atoms with Crippen molar-refractivity contribution in [3.8, 4) is 22.0 Å². The number of pyridine rings is 1. The minimum atomic E-state index is -3.13. The Morgan fingerprint density at radius 2 is 1.70 bits per heavy atom. The zero-order valence-electron chi connectivity index (χ0n) is 22.5. The fraction of sp³-hybridized carbons (Fsp3) is 0.179. The Morgan fingerprint density at radius 3 is 2.26 bits per heavy atom. The Labute approximate surface area is 243 Å². The molecule has 5 aromatic rings. The van der Waals surface area contributed by atoms with Gasteiger partial charge in [-0.1, -0.05) is 6.07 Å². The second-order valence-electron chi connectivity index (χ2n) is 9.57. The molecule has 0 spiro atoms. The number of hydrogen-bond donors (Lipinski definition) is 0. The van der Waals surface area contributed by atoms with Gasteiger partial charge in [-0.3, -0.25) is 19.5 Å². The van der Waals surface area contributed by atoms with Crippen LogP contribution in [0.1, 0.15) is 11.1 Å². The maximum atomic E-state index is 14.8. The lowest BCUT2D eigenvalue weighted by Gasteiger charge is -2.14. The van der Waals surface area contributed by atoms with E-state index >= 15 is 0 Å². The van der Waals surface area contributed by atoms with Crippen molar-refractivity contribution < 1.29 is 27.2 Å². The van der Waals surface area contributed by atoms with E-state index in [0.29, 0.717) is 20.6 Å². The molecular formula is C28H21F4N5O5S. The molecule has 2 aromatic carbocycles. The van der Waals surface area contributed by atoms with Gasteiger partial charge in [0.15, 0.2) is 0 Å². The Hall–Kier alpha value is -4.89. The molecule has 3 aromatic heterocycles. The molecule has 0 fully saturated rings. The maximum absolute atomic E-state index is 14.8. The van der Waals surface area contributed by atoms with Crippen LogP contribution in [0.2, 0.25) is 0 Å². The van der Waals surface area contributed by atoms with E-state index in [2.05, 4.69) is 9.72 Å². The average Bonchev–Trinajstić information content (AvgIpc) is 3.31. The summed E-state index contributed by atoms with van der Waals surface area (Å²) in [5.41, 5.74) is -1.40. The Kier molecular flexibility index (Phi) is 8.10. The van der Waals surface area contributed by atoms with Crippen molar-refractivity contribution in [2.75, 3.05) is 14.1 Å². The van der Waals surface area contributed by atoms with Crippen LogP contribution in [0.4, 0.5) is 23.2 Å².